The highest BCUT2D eigenvalue weighted by atomic mass is 16.1. The Bertz CT molecular complexity index is 1840. The van der Waals surface area contributed by atoms with E-state index in [1.165, 1.54) is 5.56 Å². The van der Waals surface area contributed by atoms with Crippen LogP contribution >= 0.6 is 0 Å². The van der Waals surface area contributed by atoms with Crippen LogP contribution in [0.2, 0.25) is 0 Å². The van der Waals surface area contributed by atoms with Crippen molar-refractivity contribution in [2.45, 2.75) is 25.3 Å². The summed E-state index contributed by atoms with van der Waals surface area (Å²) >= 11 is 0. The maximum Gasteiger partial charge on any atom is 0.257 e. The molecule has 9 heteroatoms. The molecule has 0 radical (unpaired) electrons. The molecule has 202 valence electrons. The Morgan fingerprint density at radius 3 is 2.41 bits per heavy atom. The van der Waals surface area contributed by atoms with E-state index < -0.39 is 0 Å². The number of nitrogens with one attached hydrogen (secondary N) is 2. The summed E-state index contributed by atoms with van der Waals surface area (Å²) in [5.41, 5.74) is 5.68. The maximum atomic E-state index is 12.5. The molecule has 1 aliphatic rings. The summed E-state index contributed by atoms with van der Waals surface area (Å²) in [7, 11) is 0. The minimum atomic E-state index is -0.133. The topological polar surface area (TPSA) is 116 Å². The number of hydrogen-bond acceptors (Lipinski definition) is 7. The molecule has 1 fully saturated rings. The van der Waals surface area contributed by atoms with E-state index in [1.807, 2.05) is 30.3 Å². The molecule has 0 bridgehead atoms. The fraction of sp³-hybridized carbons (Fsp3) is 0.188. The normalized spacial score (nSPS) is 14.4. The van der Waals surface area contributed by atoms with Crippen LogP contribution in [-0.2, 0) is 6.54 Å². The molecule has 1 saturated heterocycles. The molecule has 9 nitrogen and oxygen atoms in total. The zero-order chi connectivity index (χ0) is 27.6. The van der Waals surface area contributed by atoms with E-state index >= 15 is 0 Å². The number of hydrogen-bond donors (Lipinski definition) is 2. The van der Waals surface area contributed by atoms with Gasteiger partial charge in [0.15, 0.2) is 17.5 Å². The molecule has 0 unspecified atom stereocenters. The summed E-state index contributed by atoms with van der Waals surface area (Å²) in [5.74, 6) is 2.35. The van der Waals surface area contributed by atoms with E-state index in [2.05, 4.69) is 71.4 Å². The van der Waals surface area contributed by atoms with Crippen molar-refractivity contribution in [2.24, 2.45) is 0 Å². The van der Waals surface area contributed by atoms with Crippen LogP contribution in [0, 0.1) is 0 Å². The van der Waals surface area contributed by atoms with Crippen molar-refractivity contribution in [3.63, 3.8) is 0 Å². The molecule has 0 atom stereocenters. The molecular weight excluding hydrogens is 512 g/mol. The van der Waals surface area contributed by atoms with Crippen molar-refractivity contribution in [3.05, 3.63) is 113 Å². The van der Waals surface area contributed by atoms with E-state index in [9.17, 15) is 4.79 Å². The Labute approximate surface area is 236 Å². The Morgan fingerprint density at radius 1 is 0.854 bits per heavy atom. The summed E-state index contributed by atoms with van der Waals surface area (Å²) in [6.45, 7) is 2.85. The number of pyridine rings is 2. The van der Waals surface area contributed by atoms with Gasteiger partial charge in [-0.05, 0) is 55.3 Å². The smallest absolute Gasteiger partial charge is 0.257 e. The van der Waals surface area contributed by atoms with Gasteiger partial charge in [-0.3, -0.25) is 14.8 Å². The molecule has 0 aliphatic carbocycles. The fourth-order valence-electron chi connectivity index (χ4n) is 5.52. The fourth-order valence-corrected chi connectivity index (χ4v) is 5.52. The van der Waals surface area contributed by atoms with E-state index in [4.69, 9.17) is 4.98 Å². The van der Waals surface area contributed by atoms with Gasteiger partial charge in [-0.1, -0.05) is 54.6 Å². The predicted molar refractivity (Wildman–Crippen MR) is 158 cm³/mol. The highest BCUT2D eigenvalue weighted by Crippen LogP contribution is 2.33. The third-order valence-electron chi connectivity index (χ3n) is 7.70. The van der Waals surface area contributed by atoms with Gasteiger partial charge in [0.05, 0.1) is 16.6 Å². The van der Waals surface area contributed by atoms with Gasteiger partial charge < -0.3 is 4.98 Å². The van der Waals surface area contributed by atoms with Gasteiger partial charge in [-0.2, -0.15) is 5.10 Å². The SMILES string of the molecule is O=c1[nH]ccc2nc(-c3ccc(CN4CCC(c5n[nH]c(-c6ncccn6)n5)CC4)cc3)c(-c3ccccc3)cc12. The maximum absolute atomic E-state index is 12.5. The highest BCUT2D eigenvalue weighted by molar-refractivity contribution is 5.91. The lowest BCUT2D eigenvalue weighted by atomic mass is 9.95. The summed E-state index contributed by atoms with van der Waals surface area (Å²) in [6.07, 6.45) is 7.07. The average molecular weight is 541 g/mol. The molecule has 2 aromatic carbocycles. The summed E-state index contributed by atoms with van der Waals surface area (Å²) in [5, 5.41) is 8.04. The number of fused-ring (bicyclic) bond motifs is 1. The number of aromatic nitrogens is 7. The Hall–Kier alpha value is -5.02. The number of rotatable bonds is 6. The van der Waals surface area contributed by atoms with E-state index in [0.717, 1.165) is 60.7 Å². The summed E-state index contributed by atoms with van der Waals surface area (Å²) < 4.78 is 0. The van der Waals surface area contributed by atoms with Gasteiger partial charge in [0, 0.05) is 42.2 Å². The Kier molecular flexibility index (Phi) is 6.62. The molecule has 0 spiro atoms. The van der Waals surface area contributed by atoms with Gasteiger partial charge in [0.25, 0.3) is 5.56 Å². The molecular formula is C32H28N8O. The predicted octanol–water partition coefficient (Wildman–Crippen LogP) is 5.21. The standard InChI is InChI=1S/C32H28N8O/c41-32-26-19-25(22-5-2-1-3-6-22)28(36-27(26)11-16-35-32)23-9-7-21(8-10-23)20-40-17-12-24(13-18-40)29-37-31(39-38-29)30-33-14-4-15-34-30/h1-11,14-16,19,24H,12-13,17-18,20H2,(H,35,41)(H,37,38,39). The first-order chi connectivity index (χ1) is 20.2. The van der Waals surface area contributed by atoms with Crippen molar-refractivity contribution in [1.29, 1.82) is 0 Å². The quantitative estimate of drug-likeness (QED) is 0.298. The van der Waals surface area contributed by atoms with Gasteiger partial charge >= 0.3 is 0 Å². The number of benzene rings is 2. The number of likely N-dealkylation sites (tertiary alicyclic amines) is 1. The zero-order valence-corrected chi connectivity index (χ0v) is 22.4. The van der Waals surface area contributed by atoms with Crippen molar-refractivity contribution in [2.75, 3.05) is 13.1 Å². The van der Waals surface area contributed by atoms with Crippen LogP contribution < -0.4 is 5.56 Å². The van der Waals surface area contributed by atoms with Gasteiger partial charge in [0.2, 0.25) is 0 Å². The van der Waals surface area contributed by atoms with Crippen molar-refractivity contribution < 1.29 is 0 Å². The van der Waals surface area contributed by atoms with Crippen LogP contribution in [0.3, 0.4) is 0 Å². The second kappa shape index (κ2) is 10.9. The van der Waals surface area contributed by atoms with E-state index in [0.29, 0.717) is 28.5 Å². The minimum absolute atomic E-state index is 0.133. The van der Waals surface area contributed by atoms with Gasteiger partial charge in [-0.15, -0.1) is 0 Å². The molecule has 6 aromatic rings. The number of H-pyrrole nitrogens is 2. The van der Waals surface area contributed by atoms with Crippen molar-refractivity contribution in [1.82, 2.24) is 40.0 Å². The van der Waals surface area contributed by atoms with Crippen LogP contribution in [0.5, 0.6) is 0 Å². The van der Waals surface area contributed by atoms with Crippen LogP contribution in [0.4, 0.5) is 0 Å². The van der Waals surface area contributed by atoms with Crippen molar-refractivity contribution in [3.8, 4) is 34.0 Å². The lowest BCUT2D eigenvalue weighted by molar-refractivity contribution is 0.202. The van der Waals surface area contributed by atoms with Gasteiger partial charge in [0.1, 0.15) is 0 Å². The Balaban J connectivity index is 1.06. The van der Waals surface area contributed by atoms with E-state index in [-0.39, 0.29) is 5.56 Å². The zero-order valence-electron chi connectivity index (χ0n) is 22.4. The first-order valence-corrected chi connectivity index (χ1v) is 13.8. The number of aromatic amines is 2. The van der Waals surface area contributed by atoms with Crippen LogP contribution in [0.25, 0.3) is 44.9 Å². The van der Waals surface area contributed by atoms with Crippen LogP contribution in [0.15, 0.2) is 96.2 Å². The molecule has 5 heterocycles. The highest BCUT2D eigenvalue weighted by Gasteiger charge is 2.24. The molecule has 0 saturated carbocycles. The lowest BCUT2D eigenvalue weighted by Crippen LogP contribution is -2.32. The number of nitrogens with zero attached hydrogens (tertiary/aromatic N) is 6. The summed E-state index contributed by atoms with van der Waals surface area (Å²) in [4.78, 5) is 35.9. The third-order valence-corrected chi connectivity index (χ3v) is 7.70. The van der Waals surface area contributed by atoms with Crippen LogP contribution in [-0.4, -0.2) is 53.1 Å². The largest absolute Gasteiger partial charge is 0.328 e. The first-order valence-electron chi connectivity index (χ1n) is 13.8. The number of piperidine rings is 1. The molecule has 0 amide bonds. The minimum Gasteiger partial charge on any atom is -0.328 e. The molecule has 7 rings (SSSR count). The third kappa shape index (κ3) is 5.15. The summed E-state index contributed by atoms with van der Waals surface area (Å²) in [6, 6.07) is 24.3. The second-order valence-corrected chi connectivity index (χ2v) is 10.4. The molecule has 41 heavy (non-hydrogen) atoms. The average Bonchev–Trinajstić information content (AvgIpc) is 3.53. The lowest BCUT2D eigenvalue weighted by Gasteiger charge is -2.30. The Morgan fingerprint density at radius 2 is 1.63 bits per heavy atom. The first kappa shape index (κ1) is 25.0. The van der Waals surface area contributed by atoms with Gasteiger partial charge in [-0.25, -0.2) is 19.9 Å². The monoisotopic (exact) mass is 540 g/mol. The van der Waals surface area contributed by atoms with E-state index in [1.54, 1.807) is 24.7 Å². The molecule has 1 aliphatic heterocycles. The molecule has 2 N–H and O–H groups in total. The van der Waals surface area contributed by atoms with Crippen molar-refractivity contribution >= 4 is 10.9 Å². The molecule has 4 aromatic heterocycles. The van der Waals surface area contributed by atoms with Crippen LogP contribution in [0.1, 0.15) is 30.1 Å². The second-order valence-electron chi connectivity index (χ2n) is 10.4.